The molecule has 1 heterocycles. The lowest BCUT2D eigenvalue weighted by atomic mass is 10.0. The highest BCUT2D eigenvalue weighted by atomic mass is 16.6. The van der Waals surface area contributed by atoms with E-state index in [4.69, 9.17) is 9.47 Å². The molecule has 0 aliphatic carbocycles. The zero-order chi connectivity index (χ0) is 16.7. The minimum Gasteiger partial charge on any atom is -0.462 e. The Labute approximate surface area is 136 Å². The van der Waals surface area contributed by atoms with Gasteiger partial charge in [0.1, 0.15) is 0 Å². The number of aryl methyl sites for hydroxylation is 1. The lowest BCUT2D eigenvalue weighted by Gasteiger charge is -2.10. The number of rotatable bonds is 7. The number of nitrogens with one attached hydrogen (secondary N) is 1. The summed E-state index contributed by atoms with van der Waals surface area (Å²) in [4.78, 5) is 22.9. The van der Waals surface area contributed by atoms with Crippen molar-refractivity contribution in [2.24, 2.45) is 5.92 Å². The van der Waals surface area contributed by atoms with E-state index in [1.807, 2.05) is 24.3 Å². The van der Waals surface area contributed by atoms with Crippen molar-refractivity contribution in [3.05, 3.63) is 42.0 Å². The molecule has 124 valence electrons. The van der Waals surface area contributed by atoms with Crippen LogP contribution in [-0.2, 0) is 20.7 Å². The summed E-state index contributed by atoms with van der Waals surface area (Å²) in [6.07, 6.45) is 3.41. The van der Waals surface area contributed by atoms with Crippen molar-refractivity contribution in [3.63, 3.8) is 0 Å². The molecule has 1 atom stereocenters. The maximum Gasteiger partial charge on any atom is 0.411 e. The van der Waals surface area contributed by atoms with Crippen LogP contribution in [-0.4, -0.2) is 25.3 Å². The normalized spacial score (nSPS) is 17.0. The fourth-order valence-corrected chi connectivity index (χ4v) is 2.38. The van der Waals surface area contributed by atoms with E-state index in [0.29, 0.717) is 24.3 Å². The number of carbonyl (C=O) groups excluding carboxylic acids is 2. The van der Waals surface area contributed by atoms with Crippen LogP contribution >= 0.6 is 0 Å². The van der Waals surface area contributed by atoms with Crippen molar-refractivity contribution >= 4 is 17.7 Å². The third-order valence-electron chi connectivity index (χ3n) is 3.89. The first-order valence-electron chi connectivity index (χ1n) is 7.98. The van der Waals surface area contributed by atoms with Gasteiger partial charge in [-0.3, -0.25) is 5.32 Å². The molecule has 1 amide bonds. The minimum atomic E-state index is -0.498. The predicted molar refractivity (Wildman–Crippen MR) is 88.2 cm³/mol. The molecule has 1 saturated heterocycles. The molecule has 1 aromatic rings. The third kappa shape index (κ3) is 5.13. The van der Waals surface area contributed by atoms with E-state index in [1.165, 1.54) is 5.56 Å². The fourth-order valence-electron chi connectivity index (χ4n) is 2.38. The summed E-state index contributed by atoms with van der Waals surface area (Å²) in [6.45, 7) is 6.39. The summed E-state index contributed by atoms with van der Waals surface area (Å²) in [5.41, 5.74) is 2.42. The van der Waals surface area contributed by atoms with Gasteiger partial charge in [0.25, 0.3) is 0 Å². The molecule has 0 bridgehead atoms. The average Bonchev–Trinajstić information content (AvgIpc) is 2.86. The SMILES string of the molecule is C=C1C(=O)OC[C@H]1CCOC(=O)Nc1ccc(CCCC)cc1. The van der Waals surface area contributed by atoms with Gasteiger partial charge in [-0.2, -0.15) is 0 Å². The van der Waals surface area contributed by atoms with Gasteiger partial charge in [0.05, 0.1) is 13.2 Å². The summed E-state index contributed by atoms with van der Waals surface area (Å²) in [5.74, 6) is -0.421. The van der Waals surface area contributed by atoms with Gasteiger partial charge in [-0.1, -0.05) is 32.1 Å². The highest BCUT2D eigenvalue weighted by Gasteiger charge is 2.28. The Morgan fingerprint density at radius 1 is 1.39 bits per heavy atom. The first-order valence-corrected chi connectivity index (χ1v) is 7.98. The molecule has 5 nitrogen and oxygen atoms in total. The van der Waals surface area contributed by atoms with Gasteiger partial charge in [0, 0.05) is 17.2 Å². The molecular formula is C18H23NO4. The summed E-state index contributed by atoms with van der Waals surface area (Å²) < 4.78 is 10.0. The summed E-state index contributed by atoms with van der Waals surface area (Å²) in [5, 5.41) is 2.69. The monoisotopic (exact) mass is 317 g/mol. The summed E-state index contributed by atoms with van der Waals surface area (Å²) in [6, 6.07) is 7.77. The number of hydrogen-bond acceptors (Lipinski definition) is 4. The van der Waals surface area contributed by atoms with Gasteiger partial charge in [0.15, 0.2) is 0 Å². The van der Waals surface area contributed by atoms with Crippen LogP contribution < -0.4 is 5.32 Å². The quantitative estimate of drug-likeness (QED) is 0.615. The summed E-state index contributed by atoms with van der Waals surface area (Å²) in [7, 11) is 0. The molecule has 2 rings (SSSR count). The third-order valence-corrected chi connectivity index (χ3v) is 3.89. The van der Waals surface area contributed by atoms with Crippen LogP contribution in [0, 0.1) is 5.92 Å². The van der Waals surface area contributed by atoms with E-state index in [0.717, 1.165) is 19.3 Å². The second kappa shape index (κ2) is 8.36. The Kier molecular flexibility index (Phi) is 6.20. The molecule has 1 fully saturated rings. The predicted octanol–water partition coefficient (Wildman–Crippen LogP) is 3.70. The maximum atomic E-state index is 11.7. The van der Waals surface area contributed by atoms with Gasteiger partial charge in [0.2, 0.25) is 0 Å². The van der Waals surface area contributed by atoms with E-state index in [-0.39, 0.29) is 18.5 Å². The van der Waals surface area contributed by atoms with Crippen molar-refractivity contribution in [1.29, 1.82) is 0 Å². The van der Waals surface area contributed by atoms with Crippen molar-refractivity contribution in [3.8, 4) is 0 Å². The van der Waals surface area contributed by atoms with E-state index < -0.39 is 6.09 Å². The molecule has 0 aromatic heterocycles. The Balaban J connectivity index is 1.70. The number of anilines is 1. The molecule has 0 saturated carbocycles. The lowest BCUT2D eigenvalue weighted by Crippen LogP contribution is -2.16. The first-order chi connectivity index (χ1) is 11.1. The highest BCUT2D eigenvalue weighted by Crippen LogP contribution is 2.22. The smallest absolute Gasteiger partial charge is 0.411 e. The minimum absolute atomic E-state index is 0.0619. The molecule has 1 aliphatic heterocycles. The Hall–Kier alpha value is -2.30. The fraction of sp³-hybridized carbons (Fsp3) is 0.444. The van der Waals surface area contributed by atoms with Crippen LogP contribution in [0.1, 0.15) is 31.7 Å². The van der Waals surface area contributed by atoms with Crippen LogP contribution in [0.5, 0.6) is 0 Å². The molecule has 1 aromatic carbocycles. The van der Waals surface area contributed by atoms with Crippen LogP contribution in [0.3, 0.4) is 0 Å². The number of hydrogen-bond donors (Lipinski definition) is 1. The molecule has 0 unspecified atom stereocenters. The van der Waals surface area contributed by atoms with Crippen LogP contribution in [0.2, 0.25) is 0 Å². The number of cyclic esters (lactones) is 1. The van der Waals surface area contributed by atoms with Crippen LogP contribution in [0.15, 0.2) is 36.4 Å². The van der Waals surface area contributed by atoms with Gasteiger partial charge < -0.3 is 9.47 Å². The highest BCUT2D eigenvalue weighted by molar-refractivity contribution is 5.90. The number of esters is 1. The zero-order valence-electron chi connectivity index (χ0n) is 13.5. The van der Waals surface area contributed by atoms with Gasteiger partial charge in [-0.15, -0.1) is 0 Å². The number of ether oxygens (including phenoxy) is 2. The number of carbonyl (C=O) groups is 2. The molecule has 0 spiro atoms. The lowest BCUT2D eigenvalue weighted by molar-refractivity contribution is -0.135. The molecule has 0 radical (unpaired) electrons. The van der Waals surface area contributed by atoms with Crippen molar-refractivity contribution in [1.82, 2.24) is 0 Å². The maximum absolute atomic E-state index is 11.7. The topological polar surface area (TPSA) is 64.6 Å². The largest absolute Gasteiger partial charge is 0.462 e. The molecular weight excluding hydrogens is 294 g/mol. The second-order valence-corrected chi connectivity index (χ2v) is 5.67. The van der Waals surface area contributed by atoms with Crippen LogP contribution in [0.4, 0.5) is 10.5 Å². The van der Waals surface area contributed by atoms with Gasteiger partial charge in [-0.05, 0) is 37.0 Å². The van der Waals surface area contributed by atoms with Gasteiger partial charge in [-0.25, -0.2) is 9.59 Å². The average molecular weight is 317 g/mol. The van der Waals surface area contributed by atoms with Crippen molar-refractivity contribution < 1.29 is 19.1 Å². The van der Waals surface area contributed by atoms with Gasteiger partial charge >= 0.3 is 12.1 Å². The Bertz CT molecular complexity index is 565. The van der Waals surface area contributed by atoms with E-state index in [1.54, 1.807) is 0 Å². The number of benzene rings is 1. The second-order valence-electron chi connectivity index (χ2n) is 5.67. The standard InChI is InChI=1S/C18H23NO4/c1-3-4-5-14-6-8-16(9-7-14)19-18(21)22-11-10-15-12-23-17(20)13(15)2/h6-9,15H,2-5,10-12H2,1H3,(H,19,21)/t15-/m1/s1. The molecule has 23 heavy (non-hydrogen) atoms. The molecule has 1 N–H and O–H groups in total. The van der Waals surface area contributed by atoms with E-state index >= 15 is 0 Å². The molecule has 1 aliphatic rings. The van der Waals surface area contributed by atoms with Crippen LogP contribution in [0.25, 0.3) is 0 Å². The number of unbranched alkanes of at least 4 members (excludes halogenated alkanes) is 1. The molecule has 5 heteroatoms. The van der Waals surface area contributed by atoms with E-state index in [2.05, 4.69) is 18.8 Å². The van der Waals surface area contributed by atoms with E-state index in [9.17, 15) is 9.59 Å². The van der Waals surface area contributed by atoms with Crippen molar-refractivity contribution in [2.75, 3.05) is 18.5 Å². The zero-order valence-corrected chi connectivity index (χ0v) is 13.5. The Morgan fingerprint density at radius 3 is 2.74 bits per heavy atom. The number of amides is 1. The first kappa shape index (κ1) is 17.1. The Morgan fingerprint density at radius 2 is 2.13 bits per heavy atom. The van der Waals surface area contributed by atoms with Crippen molar-refractivity contribution in [2.45, 2.75) is 32.6 Å². The summed E-state index contributed by atoms with van der Waals surface area (Å²) >= 11 is 0.